The van der Waals surface area contributed by atoms with E-state index in [0.29, 0.717) is 5.69 Å². The number of aromatic nitrogens is 2. The van der Waals surface area contributed by atoms with Gasteiger partial charge in [0.2, 0.25) is 10.0 Å². The lowest BCUT2D eigenvalue weighted by Gasteiger charge is -2.07. The predicted molar refractivity (Wildman–Crippen MR) is 106 cm³/mol. The minimum Gasteiger partial charge on any atom is -0.298 e. The Morgan fingerprint density at radius 1 is 1.00 bits per heavy atom. The summed E-state index contributed by atoms with van der Waals surface area (Å²) in [6.45, 7) is 0.285. The average molecular weight is 381 g/mol. The molecule has 0 saturated heterocycles. The van der Waals surface area contributed by atoms with E-state index in [1.807, 2.05) is 60.7 Å². The number of hydrogen-bond donors (Lipinski definition) is 1. The lowest BCUT2D eigenvalue weighted by Crippen LogP contribution is -2.29. The average Bonchev–Trinajstić information content (AvgIpc) is 2.69. The molecule has 0 bridgehead atoms. The monoisotopic (exact) mass is 381 g/mol. The van der Waals surface area contributed by atoms with Gasteiger partial charge in [0.05, 0.1) is 12.0 Å². The van der Waals surface area contributed by atoms with Gasteiger partial charge in [-0.1, -0.05) is 60.7 Å². The van der Waals surface area contributed by atoms with E-state index in [0.717, 1.165) is 16.5 Å². The number of benzene rings is 2. The number of nitrogens with zero attached hydrogens (tertiary/aromatic N) is 2. The molecule has 0 spiro atoms. The second-order valence-corrected chi connectivity index (χ2v) is 7.48. The Hall–Kier alpha value is -3.03. The van der Waals surface area contributed by atoms with Gasteiger partial charge in [0.1, 0.15) is 0 Å². The van der Waals surface area contributed by atoms with Gasteiger partial charge in [0, 0.05) is 30.1 Å². The number of nitrogens with one attached hydrogen (secondary N) is 1. The zero-order valence-corrected chi connectivity index (χ0v) is 15.3. The third-order valence-electron chi connectivity index (χ3n) is 3.84. The summed E-state index contributed by atoms with van der Waals surface area (Å²) in [5.74, 6) is 0. The lowest BCUT2D eigenvalue weighted by atomic mass is 10.1. The van der Waals surface area contributed by atoms with Crippen molar-refractivity contribution in [3.63, 3.8) is 0 Å². The molecule has 3 rings (SSSR count). The molecule has 1 heterocycles. The molecular formula is C20H19N3O3S. The quantitative estimate of drug-likeness (QED) is 0.682. The number of hydrogen-bond acceptors (Lipinski definition) is 4. The lowest BCUT2D eigenvalue weighted by molar-refractivity contribution is 0.577. The Bertz CT molecular complexity index is 1080. The molecule has 0 aliphatic carbocycles. The first-order chi connectivity index (χ1) is 13.0. The molecule has 2 aromatic carbocycles. The number of rotatable bonds is 7. The Labute approximate surface area is 157 Å². The summed E-state index contributed by atoms with van der Waals surface area (Å²) < 4.78 is 27.9. The van der Waals surface area contributed by atoms with E-state index in [4.69, 9.17) is 0 Å². The predicted octanol–water partition coefficient (Wildman–Crippen LogP) is 2.50. The molecule has 0 fully saturated rings. The fraction of sp³-hybridized carbons (Fsp3) is 0.100. The second kappa shape index (κ2) is 8.57. The van der Waals surface area contributed by atoms with Crippen molar-refractivity contribution < 1.29 is 8.42 Å². The van der Waals surface area contributed by atoms with E-state index >= 15 is 0 Å². The summed E-state index contributed by atoms with van der Waals surface area (Å²) in [4.78, 5) is 16.5. The van der Waals surface area contributed by atoms with Crippen LogP contribution in [0.4, 0.5) is 0 Å². The van der Waals surface area contributed by atoms with Gasteiger partial charge in [-0.05, 0) is 11.6 Å². The highest BCUT2D eigenvalue weighted by molar-refractivity contribution is 7.92. The summed E-state index contributed by atoms with van der Waals surface area (Å²) in [5, 5.41) is 1.11. The fourth-order valence-corrected chi connectivity index (χ4v) is 3.26. The molecule has 6 nitrogen and oxygen atoms in total. The molecule has 27 heavy (non-hydrogen) atoms. The first-order valence-corrected chi connectivity index (χ1v) is 9.93. The van der Waals surface area contributed by atoms with Crippen LogP contribution in [0.25, 0.3) is 17.3 Å². The molecule has 0 unspecified atom stereocenters. The summed E-state index contributed by atoms with van der Waals surface area (Å²) in [7, 11) is -3.58. The molecule has 0 amide bonds. The van der Waals surface area contributed by atoms with Gasteiger partial charge >= 0.3 is 0 Å². The van der Waals surface area contributed by atoms with Crippen LogP contribution in [0.15, 0.2) is 83.3 Å². The van der Waals surface area contributed by atoms with Crippen molar-refractivity contribution in [2.75, 3.05) is 6.54 Å². The number of sulfonamides is 1. The molecule has 0 aliphatic heterocycles. The maximum Gasteiger partial charge on any atom is 0.253 e. The van der Waals surface area contributed by atoms with Crippen molar-refractivity contribution in [1.29, 1.82) is 0 Å². The van der Waals surface area contributed by atoms with E-state index in [-0.39, 0.29) is 18.6 Å². The van der Waals surface area contributed by atoms with Crippen LogP contribution in [0.2, 0.25) is 0 Å². The van der Waals surface area contributed by atoms with Crippen molar-refractivity contribution in [3.05, 3.63) is 94.4 Å². The molecule has 1 N–H and O–H groups in total. The van der Waals surface area contributed by atoms with Gasteiger partial charge in [-0.25, -0.2) is 18.1 Å². The smallest absolute Gasteiger partial charge is 0.253 e. The van der Waals surface area contributed by atoms with Crippen LogP contribution in [0.3, 0.4) is 0 Å². The van der Waals surface area contributed by atoms with Crippen molar-refractivity contribution in [2.24, 2.45) is 0 Å². The van der Waals surface area contributed by atoms with Crippen LogP contribution in [-0.2, 0) is 16.6 Å². The Morgan fingerprint density at radius 3 is 2.33 bits per heavy atom. The van der Waals surface area contributed by atoms with Crippen LogP contribution in [0.1, 0.15) is 5.56 Å². The Kier molecular flexibility index (Phi) is 5.95. The van der Waals surface area contributed by atoms with E-state index in [1.54, 1.807) is 0 Å². The van der Waals surface area contributed by atoms with Gasteiger partial charge in [0.15, 0.2) is 0 Å². The zero-order chi connectivity index (χ0) is 19.1. The van der Waals surface area contributed by atoms with Gasteiger partial charge < -0.3 is 0 Å². The molecule has 7 heteroatoms. The van der Waals surface area contributed by atoms with Gasteiger partial charge in [-0.3, -0.25) is 9.36 Å². The van der Waals surface area contributed by atoms with Gasteiger partial charge in [0.25, 0.3) is 5.56 Å². The molecule has 0 aliphatic rings. The molecule has 3 aromatic rings. The third kappa shape index (κ3) is 5.47. The standard InChI is InChI=1S/C20H19N3O3S/c24-20-15-19(18-9-5-2-6-10-18)21-16-23(20)13-12-22-27(25,26)14-11-17-7-3-1-4-8-17/h1-11,14-16,22H,12-13H2/b14-11+. The summed E-state index contributed by atoms with van der Waals surface area (Å²) in [6, 6.07) is 20.0. The van der Waals surface area contributed by atoms with Crippen LogP contribution in [0.5, 0.6) is 0 Å². The fourth-order valence-electron chi connectivity index (χ4n) is 2.45. The normalized spacial score (nSPS) is 11.7. The van der Waals surface area contributed by atoms with E-state index in [2.05, 4.69) is 9.71 Å². The van der Waals surface area contributed by atoms with Gasteiger partial charge in [-0.2, -0.15) is 0 Å². The highest BCUT2D eigenvalue weighted by Gasteiger charge is 2.06. The summed E-state index contributed by atoms with van der Waals surface area (Å²) in [5.41, 5.74) is 2.00. The first-order valence-electron chi connectivity index (χ1n) is 8.38. The summed E-state index contributed by atoms with van der Waals surface area (Å²) >= 11 is 0. The van der Waals surface area contributed by atoms with Crippen molar-refractivity contribution in [2.45, 2.75) is 6.54 Å². The van der Waals surface area contributed by atoms with E-state index < -0.39 is 10.0 Å². The Balaban J connectivity index is 1.60. The molecule has 0 atom stereocenters. The van der Waals surface area contributed by atoms with E-state index in [9.17, 15) is 13.2 Å². The molecular weight excluding hydrogens is 362 g/mol. The van der Waals surface area contributed by atoms with Crippen LogP contribution < -0.4 is 10.3 Å². The molecule has 138 valence electrons. The van der Waals surface area contributed by atoms with Gasteiger partial charge in [-0.15, -0.1) is 0 Å². The maximum absolute atomic E-state index is 12.2. The van der Waals surface area contributed by atoms with Crippen LogP contribution in [0, 0.1) is 0 Å². The second-order valence-electron chi connectivity index (χ2n) is 5.82. The SMILES string of the molecule is O=c1cc(-c2ccccc2)ncn1CCNS(=O)(=O)/C=C/c1ccccc1. The largest absolute Gasteiger partial charge is 0.298 e. The zero-order valence-electron chi connectivity index (χ0n) is 14.5. The van der Waals surface area contributed by atoms with Crippen molar-refractivity contribution in [3.8, 4) is 11.3 Å². The first kappa shape index (κ1) is 18.8. The minimum absolute atomic E-state index is 0.0910. The third-order valence-corrected chi connectivity index (χ3v) is 4.95. The van der Waals surface area contributed by atoms with Crippen molar-refractivity contribution >= 4 is 16.1 Å². The highest BCUT2D eigenvalue weighted by Crippen LogP contribution is 2.13. The summed E-state index contributed by atoms with van der Waals surface area (Å²) in [6.07, 6.45) is 2.95. The Morgan fingerprint density at radius 2 is 1.67 bits per heavy atom. The van der Waals surface area contributed by atoms with Crippen molar-refractivity contribution in [1.82, 2.24) is 14.3 Å². The van der Waals surface area contributed by atoms with Crippen LogP contribution in [-0.4, -0.2) is 24.5 Å². The maximum atomic E-state index is 12.2. The molecule has 0 saturated carbocycles. The minimum atomic E-state index is -3.58. The molecule has 0 radical (unpaired) electrons. The molecule has 1 aromatic heterocycles. The topological polar surface area (TPSA) is 81.1 Å². The highest BCUT2D eigenvalue weighted by atomic mass is 32.2. The van der Waals surface area contributed by atoms with E-state index in [1.165, 1.54) is 23.0 Å². The van der Waals surface area contributed by atoms with Crippen LogP contribution >= 0.6 is 0 Å².